The number of carbonyl (C=O) groups is 1. The van der Waals surface area contributed by atoms with Crippen LogP contribution in [0.25, 0.3) is 10.2 Å². The van der Waals surface area contributed by atoms with E-state index in [9.17, 15) is 9.90 Å². The van der Waals surface area contributed by atoms with E-state index in [4.69, 9.17) is 0 Å². The molecule has 6 heteroatoms. The molecule has 0 radical (unpaired) electrons. The molecule has 2 aromatic heterocycles. The SMILES string of the molecule is Cn1cccc1[C@H](O)CNC(=O)c1ccc2ncsc2c1. The highest BCUT2D eigenvalue weighted by Crippen LogP contribution is 2.19. The molecule has 5 nitrogen and oxygen atoms in total. The molecular formula is C15H15N3O2S. The Labute approximate surface area is 125 Å². The van der Waals surface area contributed by atoms with Gasteiger partial charge in [-0.3, -0.25) is 4.79 Å². The summed E-state index contributed by atoms with van der Waals surface area (Å²) in [6, 6.07) is 9.08. The molecule has 0 fully saturated rings. The van der Waals surface area contributed by atoms with Crippen LogP contribution < -0.4 is 5.32 Å². The monoisotopic (exact) mass is 301 g/mol. The first kappa shape index (κ1) is 13.8. The summed E-state index contributed by atoms with van der Waals surface area (Å²) in [7, 11) is 1.86. The van der Waals surface area contributed by atoms with Crippen molar-refractivity contribution < 1.29 is 9.90 Å². The Balaban J connectivity index is 1.67. The van der Waals surface area contributed by atoms with Crippen LogP contribution in [-0.2, 0) is 7.05 Å². The molecule has 0 unspecified atom stereocenters. The van der Waals surface area contributed by atoms with Crippen LogP contribution in [-0.4, -0.2) is 27.1 Å². The summed E-state index contributed by atoms with van der Waals surface area (Å²) in [6.07, 6.45) is 1.14. The molecule has 1 atom stereocenters. The van der Waals surface area contributed by atoms with E-state index in [0.29, 0.717) is 5.56 Å². The molecule has 0 aliphatic rings. The zero-order chi connectivity index (χ0) is 14.8. The van der Waals surface area contributed by atoms with Crippen LogP contribution >= 0.6 is 11.3 Å². The first-order valence-electron chi connectivity index (χ1n) is 6.56. The number of benzene rings is 1. The predicted octanol–water partition coefficient (Wildman–Crippen LogP) is 2.10. The van der Waals surface area contributed by atoms with Crippen molar-refractivity contribution in [3.05, 3.63) is 53.3 Å². The number of amides is 1. The summed E-state index contributed by atoms with van der Waals surface area (Å²) in [5.74, 6) is -0.196. The average molecular weight is 301 g/mol. The van der Waals surface area contributed by atoms with Gasteiger partial charge in [0.2, 0.25) is 0 Å². The van der Waals surface area contributed by atoms with Crippen LogP contribution in [0.3, 0.4) is 0 Å². The van der Waals surface area contributed by atoms with Crippen molar-refractivity contribution in [2.24, 2.45) is 7.05 Å². The van der Waals surface area contributed by atoms with Crippen LogP contribution in [0.15, 0.2) is 42.0 Å². The number of nitrogens with one attached hydrogen (secondary N) is 1. The predicted molar refractivity (Wildman–Crippen MR) is 82.3 cm³/mol. The lowest BCUT2D eigenvalue weighted by atomic mass is 10.2. The second kappa shape index (κ2) is 5.67. The fourth-order valence-electron chi connectivity index (χ4n) is 2.21. The van der Waals surface area contributed by atoms with E-state index >= 15 is 0 Å². The van der Waals surface area contributed by atoms with Crippen molar-refractivity contribution in [3.8, 4) is 0 Å². The summed E-state index contributed by atoms with van der Waals surface area (Å²) in [5, 5.41) is 12.8. The molecule has 108 valence electrons. The molecule has 0 aliphatic heterocycles. The van der Waals surface area contributed by atoms with E-state index in [1.165, 1.54) is 11.3 Å². The van der Waals surface area contributed by atoms with Crippen molar-refractivity contribution in [2.75, 3.05) is 6.54 Å². The van der Waals surface area contributed by atoms with Crippen molar-refractivity contribution in [3.63, 3.8) is 0 Å². The van der Waals surface area contributed by atoms with Crippen LogP contribution in [0.2, 0.25) is 0 Å². The molecule has 0 saturated heterocycles. The van der Waals surface area contributed by atoms with Gasteiger partial charge in [-0.05, 0) is 30.3 Å². The van der Waals surface area contributed by atoms with Gasteiger partial charge >= 0.3 is 0 Å². The van der Waals surface area contributed by atoms with E-state index in [2.05, 4.69) is 10.3 Å². The summed E-state index contributed by atoms with van der Waals surface area (Å²) in [6.45, 7) is 0.178. The van der Waals surface area contributed by atoms with Crippen LogP contribution in [0, 0.1) is 0 Å². The number of aromatic nitrogens is 2. The van der Waals surface area contributed by atoms with Crippen LogP contribution in [0.5, 0.6) is 0 Å². The zero-order valence-electron chi connectivity index (χ0n) is 11.5. The van der Waals surface area contributed by atoms with E-state index in [-0.39, 0.29) is 12.5 Å². The number of carbonyl (C=O) groups excluding carboxylic acids is 1. The van der Waals surface area contributed by atoms with Gasteiger partial charge in [-0.2, -0.15) is 0 Å². The molecule has 2 N–H and O–H groups in total. The van der Waals surface area contributed by atoms with Gasteiger partial charge in [-0.15, -0.1) is 11.3 Å². The van der Waals surface area contributed by atoms with Gasteiger partial charge in [0.1, 0.15) is 6.10 Å². The number of thiazole rings is 1. The minimum atomic E-state index is -0.721. The number of aryl methyl sites for hydroxylation is 1. The third-order valence-electron chi connectivity index (χ3n) is 3.37. The Bertz CT molecular complexity index is 778. The number of rotatable bonds is 4. The molecule has 21 heavy (non-hydrogen) atoms. The molecule has 0 aliphatic carbocycles. The van der Waals surface area contributed by atoms with E-state index in [1.807, 2.05) is 42.1 Å². The van der Waals surface area contributed by atoms with Gasteiger partial charge in [-0.25, -0.2) is 4.98 Å². The van der Waals surface area contributed by atoms with E-state index < -0.39 is 6.10 Å². The van der Waals surface area contributed by atoms with Gasteiger partial charge in [0.15, 0.2) is 0 Å². The molecule has 1 aromatic carbocycles. The Morgan fingerprint density at radius 2 is 2.33 bits per heavy atom. The number of hydrogen-bond donors (Lipinski definition) is 2. The molecule has 0 saturated carbocycles. The normalized spacial score (nSPS) is 12.5. The maximum absolute atomic E-state index is 12.1. The highest BCUT2D eigenvalue weighted by molar-refractivity contribution is 7.16. The smallest absolute Gasteiger partial charge is 0.251 e. The van der Waals surface area contributed by atoms with Crippen molar-refractivity contribution in [1.82, 2.24) is 14.9 Å². The van der Waals surface area contributed by atoms with Crippen LogP contribution in [0.1, 0.15) is 22.2 Å². The minimum absolute atomic E-state index is 0.178. The summed E-state index contributed by atoms with van der Waals surface area (Å²) in [5.41, 5.74) is 3.99. The lowest BCUT2D eigenvalue weighted by Gasteiger charge is -2.13. The fourth-order valence-corrected chi connectivity index (χ4v) is 2.93. The molecule has 0 spiro atoms. The lowest BCUT2D eigenvalue weighted by Crippen LogP contribution is -2.29. The first-order valence-corrected chi connectivity index (χ1v) is 7.44. The number of fused-ring (bicyclic) bond motifs is 1. The van der Waals surface area contributed by atoms with Gasteiger partial charge in [0, 0.05) is 31.0 Å². The quantitative estimate of drug-likeness (QED) is 0.775. The highest BCUT2D eigenvalue weighted by atomic mass is 32.1. The maximum Gasteiger partial charge on any atom is 0.251 e. The Hall–Kier alpha value is -2.18. The molecule has 0 bridgehead atoms. The van der Waals surface area contributed by atoms with Gasteiger partial charge in [-0.1, -0.05) is 0 Å². The summed E-state index contributed by atoms with van der Waals surface area (Å²) in [4.78, 5) is 16.3. The largest absolute Gasteiger partial charge is 0.385 e. The Morgan fingerprint density at radius 1 is 1.48 bits per heavy atom. The lowest BCUT2D eigenvalue weighted by molar-refractivity contribution is 0.0912. The van der Waals surface area contributed by atoms with Crippen molar-refractivity contribution in [2.45, 2.75) is 6.10 Å². The number of hydrogen-bond acceptors (Lipinski definition) is 4. The third kappa shape index (κ3) is 2.81. The molecule has 3 aromatic rings. The zero-order valence-corrected chi connectivity index (χ0v) is 12.3. The molecule has 3 rings (SSSR count). The van der Waals surface area contributed by atoms with Gasteiger partial charge < -0.3 is 15.0 Å². The number of nitrogens with zero attached hydrogens (tertiary/aromatic N) is 2. The number of aliphatic hydroxyl groups is 1. The van der Waals surface area contributed by atoms with E-state index in [1.54, 1.807) is 11.6 Å². The second-order valence-corrected chi connectivity index (χ2v) is 5.69. The van der Waals surface area contributed by atoms with Crippen molar-refractivity contribution >= 4 is 27.5 Å². The van der Waals surface area contributed by atoms with Crippen LogP contribution in [0.4, 0.5) is 0 Å². The molecule has 2 heterocycles. The first-order chi connectivity index (χ1) is 10.1. The Kier molecular flexibility index (Phi) is 3.72. The van der Waals surface area contributed by atoms with Gasteiger partial charge in [0.05, 0.1) is 15.7 Å². The highest BCUT2D eigenvalue weighted by Gasteiger charge is 2.13. The number of aliphatic hydroxyl groups excluding tert-OH is 1. The fraction of sp³-hybridized carbons (Fsp3) is 0.200. The third-order valence-corrected chi connectivity index (χ3v) is 4.17. The standard InChI is InChI=1S/C15H15N3O2S/c1-18-6-2-3-12(18)13(19)8-16-15(20)10-4-5-11-14(7-10)21-9-17-11/h2-7,9,13,19H,8H2,1H3,(H,16,20)/t13-/m1/s1. The van der Waals surface area contributed by atoms with Crippen molar-refractivity contribution in [1.29, 1.82) is 0 Å². The summed E-state index contributed by atoms with van der Waals surface area (Å²) >= 11 is 1.50. The maximum atomic E-state index is 12.1. The van der Waals surface area contributed by atoms with E-state index in [0.717, 1.165) is 15.9 Å². The second-order valence-electron chi connectivity index (χ2n) is 4.80. The Morgan fingerprint density at radius 3 is 3.10 bits per heavy atom. The average Bonchev–Trinajstić information content (AvgIpc) is 3.11. The summed E-state index contributed by atoms with van der Waals surface area (Å²) < 4.78 is 2.81. The van der Waals surface area contributed by atoms with Gasteiger partial charge in [0.25, 0.3) is 5.91 Å². The minimum Gasteiger partial charge on any atom is -0.385 e. The molecule has 1 amide bonds. The topological polar surface area (TPSA) is 67.2 Å². The molecular weight excluding hydrogens is 286 g/mol.